The molecule has 1 aliphatic heterocycles. The molecular weight excluding hydrogens is 369 g/mol. The van der Waals surface area contributed by atoms with Crippen LogP contribution in [-0.2, 0) is 4.79 Å². The second kappa shape index (κ2) is 6.54. The summed E-state index contributed by atoms with van der Waals surface area (Å²) in [6, 6.07) is 9.72. The van der Waals surface area contributed by atoms with Crippen LogP contribution in [0.2, 0.25) is 10.0 Å². The predicted molar refractivity (Wildman–Crippen MR) is 93.6 cm³/mol. The van der Waals surface area contributed by atoms with Crippen molar-refractivity contribution in [1.29, 1.82) is 0 Å². The number of hydrogen-bond donors (Lipinski definition) is 1. The van der Waals surface area contributed by atoms with Gasteiger partial charge in [-0.3, -0.25) is 14.9 Å². The van der Waals surface area contributed by atoms with E-state index in [-0.39, 0.29) is 16.4 Å². The first kappa shape index (κ1) is 16.9. The van der Waals surface area contributed by atoms with E-state index in [1.807, 2.05) is 0 Å². The molecule has 0 radical (unpaired) electrons. The fourth-order valence-electron chi connectivity index (χ4n) is 2.31. The lowest BCUT2D eigenvalue weighted by Crippen LogP contribution is -2.30. The number of amides is 3. The van der Waals surface area contributed by atoms with Gasteiger partial charge in [0.15, 0.2) is 0 Å². The van der Waals surface area contributed by atoms with E-state index in [1.54, 1.807) is 18.2 Å². The van der Waals surface area contributed by atoms with Crippen molar-refractivity contribution >= 4 is 52.6 Å². The van der Waals surface area contributed by atoms with Gasteiger partial charge in [0.25, 0.3) is 11.6 Å². The van der Waals surface area contributed by atoms with E-state index in [0.717, 1.165) is 4.90 Å². The second-order valence-electron chi connectivity index (χ2n) is 5.08. The fraction of sp³-hybridized carbons (Fsp3) is 0. The average Bonchev–Trinajstić information content (AvgIpc) is 2.83. The molecule has 1 N–H and O–H groups in total. The van der Waals surface area contributed by atoms with Crippen LogP contribution < -0.4 is 10.2 Å². The molecule has 0 atom stereocenters. The van der Waals surface area contributed by atoms with Crippen LogP contribution in [0.4, 0.5) is 16.2 Å². The van der Waals surface area contributed by atoms with Gasteiger partial charge in [0.1, 0.15) is 10.7 Å². The van der Waals surface area contributed by atoms with E-state index in [4.69, 9.17) is 23.2 Å². The van der Waals surface area contributed by atoms with Crippen LogP contribution in [0.3, 0.4) is 0 Å². The Morgan fingerprint density at radius 1 is 1.12 bits per heavy atom. The normalized spacial score (nSPS) is 15.6. The zero-order valence-electron chi connectivity index (χ0n) is 12.4. The number of imide groups is 1. The first-order valence-corrected chi connectivity index (χ1v) is 7.69. The molecule has 2 aromatic rings. The topological polar surface area (TPSA) is 92.5 Å². The minimum atomic E-state index is -0.637. The zero-order valence-corrected chi connectivity index (χ0v) is 13.9. The number of halogens is 2. The number of rotatable bonds is 3. The summed E-state index contributed by atoms with van der Waals surface area (Å²) in [6.07, 6.45) is 1.34. The van der Waals surface area contributed by atoms with Crippen molar-refractivity contribution in [3.05, 3.63) is 73.9 Å². The molecule has 0 unspecified atom stereocenters. The summed E-state index contributed by atoms with van der Waals surface area (Å²) in [5.74, 6) is -0.593. The van der Waals surface area contributed by atoms with Crippen LogP contribution in [-0.4, -0.2) is 16.9 Å². The number of carbonyl (C=O) groups is 2. The van der Waals surface area contributed by atoms with Gasteiger partial charge in [-0.25, -0.2) is 9.69 Å². The summed E-state index contributed by atoms with van der Waals surface area (Å²) < 4.78 is 0. The summed E-state index contributed by atoms with van der Waals surface area (Å²) in [5.41, 5.74) is 0.370. The Morgan fingerprint density at radius 3 is 2.56 bits per heavy atom. The third-order valence-corrected chi connectivity index (χ3v) is 3.98. The van der Waals surface area contributed by atoms with Crippen LogP contribution in [0.5, 0.6) is 0 Å². The van der Waals surface area contributed by atoms with Crippen molar-refractivity contribution < 1.29 is 14.5 Å². The molecule has 1 fully saturated rings. The summed E-state index contributed by atoms with van der Waals surface area (Å²) in [6.45, 7) is 0. The van der Waals surface area contributed by atoms with Gasteiger partial charge in [-0.15, -0.1) is 0 Å². The Labute approximate surface area is 151 Å². The van der Waals surface area contributed by atoms with Crippen molar-refractivity contribution in [2.75, 3.05) is 4.90 Å². The molecule has 7 nitrogen and oxygen atoms in total. The Morgan fingerprint density at radius 2 is 1.88 bits per heavy atom. The highest BCUT2D eigenvalue weighted by Crippen LogP contribution is 2.28. The Bertz CT molecular complexity index is 943. The fourth-order valence-corrected chi connectivity index (χ4v) is 2.68. The van der Waals surface area contributed by atoms with Gasteiger partial charge >= 0.3 is 6.03 Å². The van der Waals surface area contributed by atoms with Gasteiger partial charge in [0.2, 0.25) is 0 Å². The SMILES string of the molecule is O=C1N/C(=C/c2ccc(Cl)c([N+](=O)[O-])c2)C(=O)N1c1cccc(Cl)c1. The number of benzene rings is 2. The molecule has 2 aromatic carbocycles. The third-order valence-electron chi connectivity index (χ3n) is 3.42. The van der Waals surface area contributed by atoms with E-state index in [1.165, 1.54) is 30.3 Å². The predicted octanol–water partition coefficient (Wildman–Crippen LogP) is 4.00. The number of nitrogens with one attached hydrogen (secondary N) is 1. The van der Waals surface area contributed by atoms with Crippen molar-refractivity contribution in [3.8, 4) is 0 Å². The third kappa shape index (κ3) is 3.33. The number of nitrogens with zero attached hydrogens (tertiary/aromatic N) is 2. The van der Waals surface area contributed by atoms with Gasteiger partial charge in [-0.2, -0.15) is 0 Å². The molecule has 126 valence electrons. The van der Waals surface area contributed by atoms with Crippen molar-refractivity contribution in [2.45, 2.75) is 0 Å². The molecule has 0 aliphatic carbocycles. The van der Waals surface area contributed by atoms with Gasteiger partial charge in [0.05, 0.1) is 10.6 Å². The molecule has 0 saturated carbocycles. The maximum Gasteiger partial charge on any atom is 0.333 e. The average molecular weight is 378 g/mol. The van der Waals surface area contributed by atoms with Gasteiger partial charge < -0.3 is 5.32 Å². The second-order valence-corrected chi connectivity index (χ2v) is 5.92. The lowest BCUT2D eigenvalue weighted by Gasteiger charge is -2.11. The quantitative estimate of drug-likeness (QED) is 0.378. The molecule has 3 amide bonds. The monoisotopic (exact) mass is 377 g/mol. The van der Waals surface area contributed by atoms with E-state index in [0.29, 0.717) is 16.3 Å². The molecule has 3 rings (SSSR count). The van der Waals surface area contributed by atoms with Gasteiger partial charge in [0, 0.05) is 11.1 Å². The molecule has 1 heterocycles. The first-order chi connectivity index (χ1) is 11.9. The maximum absolute atomic E-state index is 12.5. The van der Waals surface area contributed by atoms with E-state index in [9.17, 15) is 19.7 Å². The molecule has 1 aliphatic rings. The Balaban J connectivity index is 1.96. The smallest absolute Gasteiger partial charge is 0.302 e. The van der Waals surface area contributed by atoms with E-state index < -0.39 is 16.9 Å². The number of nitro groups is 1. The highest BCUT2D eigenvalue weighted by atomic mass is 35.5. The number of hydrogen-bond acceptors (Lipinski definition) is 4. The molecular formula is C16H9Cl2N3O4. The van der Waals surface area contributed by atoms with Crippen molar-refractivity contribution in [1.82, 2.24) is 5.32 Å². The standard InChI is InChI=1S/C16H9Cl2N3O4/c17-10-2-1-3-11(8-10)20-15(22)13(19-16(20)23)6-9-4-5-12(18)14(7-9)21(24)25/h1-8H,(H,19,23)/b13-6+. The largest absolute Gasteiger partial charge is 0.333 e. The van der Waals surface area contributed by atoms with Crippen LogP contribution >= 0.6 is 23.2 Å². The van der Waals surface area contributed by atoms with Crippen molar-refractivity contribution in [3.63, 3.8) is 0 Å². The zero-order chi connectivity index (χ0) is 18.1. The van der Waals surface area contributed by atoms with Crippen LogP contribution in [0.25, 0.3) is 6.08 Å². The minimum absolute atomic E-state index is 0.0124. The van der Waals surface area contributed by atoms with Gasteiger partial charge in [-0.1, -0.05) is 35.3 Å². The lowest BCUT2D eigenvalue weighted by atomic mass is 10.1. The Kier molecular flexibility index (Phi) is 4.43. The number of anilines is 1. The number of nitro benzene ring substituents is 1. The molecule has 0 aromatic heterocycles. The highest BCUT2D eigenvalue weighted by molar-refractivity contribution is 6.33. The highest BCUT2D eigenvalue weighted by Gasteiger charge is 2.35. The lowest BCUT2D eigenvalue weighted by molar-refractivity contribution is -0.384. The van der Waals surface area contributed by atoms with Crippen LogP contribution in [0, 0.1) is 10.1 Å². The molecule has 0 bridgehead atoms. The van der Waals surface area contributed by atoms with Crippen molar-refractivity contribution in [2.24, 2.45) is 0 Å². The molecule has 9 heteroatoms. The Hall–Kier alpha value is -2.90. The summed E-state index contributed by atoms with van der Waals surface area (Å²) >= 11 is 11.6. The number of urea groups is 1. The number of carbonyl (C=O) groups excluding carboxylic acids is 2. The molecule has 0 spiro atoms. The van der Waals surface area contributed by atoms with Crippen LogP contribution in [0.1, 0.15) is 5.56 Å². The summed E-state index contributed by atoms with van der Waals surface area (Å²) in [7, 11) is 0. The van der Waals surface area contributed by atoms with E-state index in [2.05, 4.69) is 5.32 Å². The first-order valence-electron chi connectivity index (χ1n) is 6.93. The summed E-state index contributed by atoms with van der Waals surface area (Å²) in [5, 5.41) is 13.7. The van der Waals surface area contributed by atoms with Crippen LogP contribution in [0.15, 0.2) is 48.2 Å². The maximum atomic E-state index is 12.5. The summed E-state index contributed by atoms with van der Waals surface area (Å²) in [4.78, 5) is 35.8. The minimum Gasteiger partial charge on any atom is -0.302 e. The molecule has 1 saturated heterocycles. The molecule has 25 heavy (non-hydrogen) atoms. The van der Waals surface area contributed by atoms with Gasteiger partial charge in [-0.05, 0) is 35.9 Å². The van der Waals surface area contributed by atoms with E-state index >= 15 is 0 Å².